The van der Waals surface area contributed by atoms with Crippen molar-refractivity contribution in [2.45, 2.75) is 225 Å². The molecule has 16 atom stereocenters. The number of rotatable bonds is 22. The topological polar surface area (TPSA) is 232 Å². The molecule has 22 nitrogen and oxygen atoms in total. The second kappa shape index (κ2) is 33.1. The zero-order valence-electron chi connectivity index (χ0n) is 50.4. The van der Waals surface area contributed by atoms with E-state index in [9.17, 15) is 28.8 Å². The van der Waals surface area contributed by atoms with Gasteiger partial charge < -0.3 is 66.5 Å². The molecule has 0 spiro atoms. The van der Waals surface area contributed by atoms with Gasteiger partial charge in [-0.25, -0.2) is 10.0 Å². The third kappa shape index (κ3) is 20.5. The van der Waals surface area contributed by atoms with E-state index in [4.69, 9.17) is 61.6 Å². The lowest BCUT2D eigenvalue weighted by Gasteiger charge is -2.51. The molecular formula is C58H95N3O19. The highest BCUT2D eigenvalue weighted by Gasteiger charge is 2.56. The molecule has 1 aromatic carbocycles. The van der Waals surface area contributed by atoms with Crippen LogP contribution in [0.3, 0.4) is 0 Å². The van der Waals surface area contributed by atoms with Crippen molar-refractivity contribution in [2.24, 2.45) is 11.8 Å². The second-order valence-corrected chi connectivity index (χ2v) is 22.0. The van der Waals surface area contributed by atoms with Gasteiger partial charge in [-0.15, -0.1) is 0 Å². The van der Waals surface area contributed by atoms with Gasteiger partial charge in [0.15, 0.2) is 36.7 Å². The summed E-state index contributed by atoms with van der Waals surface area (Å²) in [6.07, 6.45) is -9.98. The van der Waals surface area contributed by atoms with Crippen LogP contribution in [0.25, 0.3) is 0 Å². The van der Waals surface area contributed by atoms with Crippen molar-refractivity contribution in [3.63, 3.8) is 0 Å². The van der Waals surface area contributed by atoms with Crippen LogP contribution in [0.1, 0.15) is 133 Å². The van der Waals surface area contributed by atoms with E-state index in [0.717, 1.165) is 19.3 Å². The Hall–Kier alpha value is -4.36. The highest BCUT2D eigenvalue weighted by Crippen LogP contribution is 2.40. The molecule has 0 N–H and O–H groups in total. The standard InChI is InChI=1S/C58H95N3O19/c1-17-46(65)76-44-32-48(67)71-36(4)27-29-60(13)61(28-23-22-26-42-24-20-19-21-25-42)34-45(74-39(7)62)35(3)30-43(31-49(68-14)69-15)53(54(44)70-16)79-57-55(75-40(8)63)51(59(11)12)52(37(5)73-57)78-50-33-58(10,80-41(9)64)56(38(6)72-50)77-47(66)18-2/h19-21,24-25,35-38,43-45,49-57H,17-18,22-23,26-34H2,1-16H3/t35-,36-,37?,38?,43-,44-,45+,50?,51?,52?,53+,54?,55?,56?,57?,58?/m1/s1. The lowest BCUT2D eigenvalue weighted by Crippen LogP contribution is -2.67. The molecule has 3 fully saturated rings. The number of aryl methyl sites for hydroxylation is 1. The van der Waals surface area contributed by atoms with E-state index in [1.165, 1.54) is 47.7 Å². The van der Waals surface area contributed by atoms with Crippen LogP contribution < -0.4 is 0 Å². The zero-order valence-corrected chi connectivity index (χ0v) is 50.4. The van der Waals surface area contributed by atoms with Gasteiger partial charge in [0.05, 0.1) is 37.3 Å². The number of methoxy groups -OCH3 is 3. The highest BCUT2D eigenvalue weighted by molar-refractivity contribution is 5.73. The zero-order chi connectivity index (χ0) is 59.4. The number of hydrazine groups is 1. The molecule has 1 aromatic rings. The minimum absolute atomic E-state index is 0.0311. The van der Waals surface area contributed by atoms with Crippen molar-refractivity contribution in [3.8, 4) is 0 Å². The number of likely N-dealkylation sites (N-methyl/N-ethyl adjacent to an activating group) is 1. The molecule has 80 heavy (non-hydrogen) atoms. The first-order valence-corrected chi connectivity index (χ1v) is 28.4. The Kier molecular flexibility index (Phi) is 28.2. The van der Waals surface area contributed by atoms with Crippen molar-refractivity contribution in [1.29, 1.82) is 0 Å². The molecule has 3 aliphatic rings. The molecular weight excluding hydrogens is 1040 g/mol. The Labute approximate surface area is 474 Å². The van der Waals surface area contributed by atoms with Crippen LogP contribution >= 0.6 is 0 Å². The SMILES string of the molecule is CCC(=O)OC1C(C)OC(OC2C(C)OC(O[C@@H]3C(OC)[C@H](OC(=O)CC)CC(=O)O[C@H](C)CCN(C)N(CCCCc4ccccc4)C[C@H](OC(C)=O)[C@H](C)C[C@@H]3CC(OC)OC)C(OC(C)=O)C2N(C)C)CC1(C)OC(C)=O. The van der Waals surface area contributed by atoms with Crippen LogP contribution in [0.5, 0.6) is 0 Å². The van der Waals surface area contributed by atoms with Gasteiger partial charge in [-0.05, 0) is 91.3 Å². The van der Waals surface area contributed by atoms with Gasteiger partial charge in [0.25, 0.3) is 0 Å². The van der Waals surface area contributed by atoms with Crippen LogP contribution in [0.15, 0.2) is 30.3 Å². The third-order valence-electron chi connectivity index (χ3n) is 15.2. The quantitative estimate of drug-likeness (QED) is 0.0564. The van der Waals surface area contributed by atoms with Gasteiger partial charge in [0.1, 0.15) is 30.5 Å². The second-order valence-electron chi connectivity index (χ2n) is 22.0. The third-order valence-corrected chi connectivity index (χ3v) is 15.2. The fraction of sp³-hybridized carbons (Fsp3) is 0.793. The van der Waals surface area contributed by atoms with Gasteiger partial charge in [0, 0.05) is 87.9 Å². The Morgan fingerprint density at radius 3 is 2.01 bits per heavy atom. The fourth-order valence-electron chi connectivity index (χ4n) is 11.2. The summed E-state index contributed by atoms with van der Waals surface area (Å²) in [7, 11) is 9.95. The lowest BCUT2D eigenvalue weighted by atomic mass is 9.81. The van der Waals surface area contributed by atoms with E-state index >= 15 is 0 Å². The van der Waals surface area contributed by atoms with Crippen molar-refractivity contribution >= 4 is 35.8 Å². The molecule has 456 valence electrons. The number of carbonyl (C=O) groups is 6. The van der Waals surface area contributed by atoms with Crippen molar-refractivity contribution in [1.82, 2.24) is 14.9 Å². The van der Waals surface area contributed by atoms with Gasteiger partial charge in [0.2, 0.25) is 0 Å². The first-order chi connectivity index (χ1) is 37.9. The Balaban J connectivity index is 1.87. The summed E-state index contributed by atoms with van der Waals surface area (Å²) in [4.78, 5) is 81.1. The van der Waals surface area contributed by atoms with E-state index in [2.05, 4.69) is 22.2 Å². The number of hydrogen-bond acceptors (Lipinski definition) is 22. The molecule has 3 heterocycles. The van der Waals surface area contributed by atoms with E-state index in [1.807, 2.05) is 37.1 Å². The summed E-state index contributed by atoms with van der Waals surface area (Å²) in [5.74, 6) is -4.60. The molecule has 10 unspecified atom stereocenters. The van der Waals surface area contributed by atoms with Crippen LogP contribution in [0, 0.1) is 11.8 Å². The van der Waals surface area contributed by atoms with Crippen LogP contribution in [0.2, 0.25) is 0 Å². The highest BCUT2D eigenvalue weighted by atomic mass is 16.7. The molecule has 3 saturated heterocycles. The number of benzene rings is 1. The van der Waals surface area contributed by atoms with E-state index in [1.54, 1.807) is 55.6 Å². The summed E-state index contributed by atoms with van der Waals surface area (Å²) < 4.78 is 81.6. The number of cyclic esters (lactones) is 1. The van der Waals surface area contributed by atoms with Crippen LogP contribution in [0.4, 0.5) is 0 Å². The number of unbranched alkanes of at least 4 members (excludes halogenated alkanes) is 1. The predicted molar refractivity (Wildman–Crippen MR) is 291 cm³/mol. The first kappa shape index (κ1) is 68.1. The Morgan fingerprint density at radius 2 is 1.43 bits per heavy atom. The van der Waals surface area contributed by atoms with Gasteiger partial charge in [-0.2, -0.15) is 0 Å². The molecule has 0 aliphatic carbocycles. The number of nitrogens with zero attached hydrogens (tertiary/aromatic N) is 3. The minimum atomic E-state index is -1.40. The molecule has 4 rings (SSSR count). The lowest BCUT2D eigenvalue weighted by molar-refractivity contribution is -0.346. The normalized spacial score (nSPS) is 32.6. The molecule has 0 radical (unpaired) electrons. The maximum Gasteiger partial charge on any atom is 0.309 e. The van der Waals surface area contributed by atoms with E-state index < -0.39 is 146 Å². The van der Waals surface area contributed by atoms with Gasteiger partial charge >= 0.3 is 35.8 Å². The summed E-state index contributed by atoms with van der Waals surface area (Å²) >= 11 is 0. The van der Waals surface area contributed by atoms with E-state index in [0.29, 0.717) is 26.1 Å². The summed E-state index contributed by atoms with van der Waals surface area (Å²) in [6, 6.07) is 9.46. The summed E-state index contributed by atoms with van der Waals surface area (Å²) in [5.41, 5.74) is -0.128. The van der Waals surface area contributed by atoms with E-state index in [-0.39, 0.29) is 32.1 Å². The number of ether oxygens (including phenoxy) is 13. The smallest absolute Gasteiger partial charge is 0.309 e. The molecule has 0 saturated carbocycles. The average molecular weight is 1140 g/mol. The monoisotopic (exact) mass is 1140 g/mol. The molecule has 3 aliphatic heterocycles. The van der Waals surface area contributed by atoms with Crippen LogP contribution in [-0.2, 0) is 96.8 Å². The Morgan fingerprint density at radius 1 is 0.775 bits per heavy atom. The molecule has 0 amide bonds. The first-order valence-electron chi connectivity index (χ1n) is 28.4. The van der Waals surface area contributed by atoms with Gasteiger partial charge in [-0.1, -0.05) is 51.1 Å². The van der Waals surface area contributed by atoms with Crippen molar-refractivity contribution in [3.05, 3.63) is 35.9 Å². The van der Waals surface area contributed by atoms with Crippen LogP contribution in [-0.4, -0.2) is 204 Å². The largest absolute Gasteiger partial charge is 0.463 e. The van der Waals surface area contributed by atoms with Crippen molar-refractivity contribution in [2.75, 3.05) is 62.1 Å². The summed E-state index contributed by atoms with van der Waals surface area (Å²) in [6.45, 7) is 17.6. The molecule has 0 aromatic heterocycles. The Bertz CT molecular complexity index is 2080. The summed E-state index contributed by atoms with van der Waals surface area (Å²) in [5, 5.41) is 4.26. The average Bonchev–Trinajstić information content (AvgIpc) is 3.42. The maximum atomic E-state index is 14.2. The predicted octanol–water partition coefficient (Wildman–Crippen LogP) is 5.96. The number of esters is 6. The minimum Gasteiger partial charge on any atom is -0.463 e. The van der Waals surface area contributed by atoms with Gasteiger partial charge in [-0.3, -0.25) is 28.8 Å². The molecule has 22 heteroatoms. The number of carbonyl (C=O) groups excluding carboxylic acids is 6. The fourth-order valence-corrected chi connectivity index (χ4v) is 11.2. The molecule has 0 bridgehead atoms. The number of hydrogen-bond donors (Lipinski definition) is 0. The van der Waals surface area contributed by atoms with Crippen molar-refractivity contribution < 1.29 is 90.3 Å². The maximum absolute atomic E-state index is 14.2.